The third kappa shape index (κ3) is 3.63. The van der Waals surface area contributed by atoms with Gasteiger partial charge in [0.1, 0.15) is 5.69 Å². The Labute approximate surface area is 180 Å². The monoisotopic (exact) mass is 398 g/mol. The molecule has 4 aromatic carbocycles. The van der Waals surface area contributed by atoms with Gasteiger partial charge in [-0.25, -0.2) is 4.98 Å². The fraction of sp³-hybridized carbons (Fsp3) is 0. The lowest BCUT2D eigenvalue weighted by Crippen LogP contribution is -1.86. The van der Waals surface area contributed by atoms with E-state index in [9.17, 15) is 5.26 Å². The molecule has 0 bridgehead atoms. The van der Waals surface area contributed by atoms with Crippen LogP contribution in [0, 0.1) is 11.3 Å². The van der Waals surface area contributed by atoms with Crippen LogP contribution in [0.25, 0.3) is 45.2 Å². The van der Waals surface area contributed by atoms with Crippen LogP contribution in [0.5, 0.6) is 0 Å². The van der Waals surface area contributed by atoms with Crippen molar-refractivity contribution in [2.24, 2.45) is 0 Å². The van der Waals surface area contributed by atoms with Crippen molar-refractivity contribution in [2.45, 2.75) is 0 Å². The molecule has 146 valence electrons. The summed E-state index contributed by atoms with van der Waals surface area (Å²) >= 11 is 0. The van der Waals surface area contributed by atoms with E-state index in [1.54, 1.807) is 6.07 Å². The average Bonchev–Trinajstić information content (AvgIpc) is 3.31. The van der Waals surface area contributed by atoms with E-state index in [0.717, 1.165) is 39.3 Å². The zero-order valence-corrected chi connectivity index (χ0v) is 16.7. The van der Waals surface area contributed by atoms with E-state index in [2.05, 4.69) is 6.07 Å². The second kappa shape index (κ2) is 8.14. The molecule has 5 rings (SSSR count). The Balaban J connectivity index is 1.71. The van der Waals surface area contributed by atoms with Crippen molar-refractivity contribution in [3.63, 3.8) is 0 Å². The minimum Gasteiger partial charge on any atom is -0.435 e. The molecule has 31 heavy (non-hydrogen) atoms. The van der Waals surface area contributed by atoms with Gasteiger partial charge >= 0.3 is 0 Å². The van der Waals surface area contributed by atoms with Crippen LogP contribution < -0.4 is 0 Å². The molecule has 3 nitrogen and oxygen atoms in total. The Morgan fingerprint density at radius 2 is 1.23 bits per heavy atom. The molecule has 0 aliphatic carbocycles. The third-order valence-electron chi connectivity index (χ3n) is 5.17. The smallest absolute Gasteiger partial charge is 0.227 e. The quantitative estimate of drug-likeness (QED) is 0.321. The standard InChI is InChI=1S/C28H18N2O/c29-19-20-10-9-15-23(18-20)24-16-7-8-17-25(24)28-30-26(21-11-3-1-4-12-21)27(31-28)22-13-5-2-6-14-22/h1-18H. The van der Waals surface area contributed by atoms with Crippen molar-refractivity contribution in [1.29, 1.82) is 5.26 Å². The van der Waals surface area contributed by atoms with E-state index in [0.29, 0.717) is 11.5 Å². The Bertz CT molecular complexity index is 1320. The number of hydrogen-bond donors (Lipinski definition) is 0. The highest BCUT2D eigenvalue weighted by Gasteiger charge is 2.20. The predicted octanol–water partition coefficient (Wildman–Crippen LogP) is 7.21. The maximum Gasteiger partial charge on any atom is 0.227 e. The molecule has 0 aliphatic heterocycles. The van der Waals surface area contributed by atoms with Crippen LogP contribution in [0.2, 0.25) is 0 Å². The van der Waals surface area contributed by atoms with Crippen LogP contribution in [-0.4, -0.2) is 4.98 Å². The minimum atomic E-state index is 0.552. The zero-order chi connectivity index (χ0) is 21.0. The first-order chi connectivity index (χ1) is 15.3. The summed E-state index contributed by atoms with van der Waals surface area (Å²) in [6.45, 7) is 0. The van der Waals surface area contributed by atoms with E-state index in [-0.39, 0.29) is 0 Å². The third-order valence-corrected chi connectivity index (χ3v) is 5.17. The van der Waals surface area contributed by atoms with Crippen molar-refractivity contribution >= 4 is 0 Å². The minimum absolute atomic E-state index is 0.552. The van der Waals surface area contributed by atoms with Gasteiger partial charge in [-0.1, -0.05) is 91.0 Å². The molecule has 0 N–H and O–H groups in total. The fourth-order valence-corrected chi connectivity index (χ4v) is 3.69. The maximum atomic E-state index is 9.31. The molecule has 0 atom stereocenters. The van der Waals surface area contributed by atoms with Crippen molar-refractivity contribution in [1.82, 2.24) is 4.98 Å². The van der Waals surface area contributed by atoms with Gasteiger partial charge in [-0.15, -0.1) is 0 Å². The Morgan fingerprint density at radius 1 is 0.613 bits per heavy atom. The first-order valence-corrected chi connectivity index (χ1v) is 10.0. The molecule has 0 radical (unpaired) electrons. The van der Waals surface area contributed by atoms with E-state index >= 15 is 0 Å². The maximum absolute atomic E-state index is 9.31. The molecule has 0 saturated carbocycles. The molecule has 0 fully saturated rings. The van der Waals surface area contributed by atoms with Crippen LogP contribution in [0.1, 0.15) is 5.56 Å². The first-order valence-electron chi connectivity index (χ1n) is 10.0. The van der Waals surface area contributed by atoms with Crippen molar-refractivity contribution in [3.05, 3.63) is 115 Å². The lowest BCUT2D eigenvalue weighted by atomic mass is 9.98. The topological polar surface area (TPSA) is 49.8 Å². The second-order valence-electron chi connectivity index (χ2n) is 7.17. The molecule has 0 spiro atoms. The van der Waals surface area contributed by atoms with Gasteiger partial charge in [-0.3, -0.25) is 0 Å². The molecule has 0 saturated heterocycles. The largest absolute Gasteiger partial charge is 0.435 e. The lowest BCUT2D eigenvalue weighted by molar-refractivity contribution is 0.589. The molecule has 1 aromatic heterocycles. The van der Waals surface area contributed by atoms with Crippen LogP contribution >= 0.6 is 0 Å². The van der Waals surface area contributed by atoms with E-state index in [4.69, 9.17) is 9.40 Å². The molecule has 0 unspecified atom stereocenters. The number of nitriles is 1. The number of aromatic nitrogens is 1. The molecule has 0 amide bonds. The molecular formula is C28H18N2O. The van der Waals surface area contributed by atoms with Crippen LogP contribution in [-0.2, 0) is 0 Å². The van der Waals surface area contributed by atoms with Crippen LogP contribution in [0.3, 0.4) is 0 Å². The molecule has 5 aromatic rings. The normalized spacial score (nSPS) is 10.5. The van der Waals surface area contributed by atoms with Gasteiger partial charge in [0.2, 0.25) is 5.89 Å². The highest BCUT2D eigenvalue weighted by atomic mass is 16.4. The predicted molar refractivity (Wildman–Crippen MR) is 123 cm³/mol. The Morgan fingerprint density at radius 3 is 1.94 bits per heavy atom. The van der Waals surface area contributed by atoms with Gasteiger partial charge in [0.15, 0.2) is 5.76 Å². The summed E-state index contributed by atoms with van der Waals surface area (Å²) in [5.41, 5.74) is 6.22. The van der Waals surface area contributed by atoms with Crippen LogP contribution in [0.15, 0.2) is 114 Å². The molecular weight excluding hydrogens is 380 g/mol. The molecule has 1 heterocycles. The number of rotatable bonds is 4. The van der Waals surface area contributed by atoms with Gasteiger partial charge < -0.3 is 4.42 Å². The second-order valence-corrected chi connectivity index (χ2v) is 7.17. The van der Waals surface area contributed by atoms with E-state index < -0.39 is 0 Å². The van der Waals surface area contributed by atoms with Crippen LogP contribution in [0.4, 0.5) is 0 Å². The average molecular weight is 398 g/mol. The lowest BCUT2D eigenvalue weighted by Gasteiger charge is -2.07. The van der Waals surface area contributed by atoms with Gasteiger partial charge in [-0.2, -0.15) is 5.26 Å². The van der Waals surface area contributed by atoms with Crippen molar-refractivity contribution < 1.29 is 4.42 Å². The molecule has 3 heteroatoms. The zero-order valence-electron chi connectivity index (χ0n) is 16.7. The first kappa shape index (κ1) is 18.6. The molecule has 0 aliphatic rings. The summed E-state index contributed by atoms with van der Waals surface area (Å²) in [6, 6.07) is 37.9. The van der Waals surface area contributed by atoms with E-state index in [1.165, 1.54) is 0 Å². The number of hydrogen-bond acceptors (Lipinski definition) is 3. The highest BCUT2D eigenvalue weighted by molar-refractivity contribution is 5.84. The Kier molecular flexibility index (Phi) is 4.88. The fourth-order valence-electron chi connectivity index (χ4n) is 3.69. The van der Waals surface area contributed by atoms with Gasteiger partial charge in [0.05, 0.1) is 11.6 Å². The van der Waals surface area contributed by atoms with Gasteiger partial charge in [0, 0.05) is 16.7 Å². The summed E-state index contributed by atoms with van der Waals surface area (Å²) in [5.74, 6) is 1.29. The van der Waals surface area contributed by atoms with Crippen molar-refractivity contribution in [3.8, 4) is 51.2 Å². The van der Waals surface area contributed by atoms with E-state index in [1.807, 2.05) is 103 Å². The highest BCUT2D eigenvalue weighted by Crippen LogP contribution is 2.39. The number of benzene rings is 4. The number of oxazole rings is 1. The summed E-state index contributed by atoms with van der Waals surface area (Å²) in [6.07, 6.45) is 0. The summed E-state index contributed by atoms with van der Waals surface area (Å²) < 4.78 is 6.38. The number of nitrogens with zero attached hydrogens (tertiary/aromatic N) is 2. The Hall–Kier alpha value is -4.42. The van der Waals surface area contributed by atoms with Gasteiger partial charge in [-0.05, 0) is 29.3 Å². The summed E-state index contributed by atoms with van der Waals surface area (Å²) in [4.78, 5) is 4.92. The summed E-state index contributed by atoms with van der Waals surface area (Å²) in [5, 5.41) is 9.31. The van der Waals surface area contributed by atoms with Crippen molar-refractivity contribution in [2.75, 3.05) is 0 Å². The summed E-state index contributed by atoms with van der Waals surface area (Å²) in [7, 11) is 0. The SMILES string of the molecule is N#Cc1cccc(-c2ccccc2-c2nc(-c3ccccc3)c(-c3ccccc3)o2)c1. The van der Waals surface area contributed by atoms with Gasteiger partial charge in [0.25, 0.3) is 0 Å².